The van der Waals surface area contributed by atoms with E-state index in [2.05, 4.69) is 20.3 Å². The average Bonchev–Trinajstić information content (AvgIpc) is 3.47. The minimum atomic E-state index is -3.56. The Hall–Kier alpha value is -2.90. The van der Waals surface area contributed by atoms with E-state index in [1.165, 1.54) is 33.8 Å². The van der Waals surface area contributed by atoms with Crippen molar-refractivity contribution in [3.63, 3.8) is 0 Å². The third-order valence-corrected chi connectivity index (χ3v) is 8.36. The van der Waals surface area contributed by atoms with Crippen molar-refractivity contribution in [3.05, 3.63) is 71.5 Å². The molecule has 13 heteroatoms. The zero-order chi connectivity index (χ0) is 26.0. The summed E-state index contributed by atoms with van der Waals surface area (Å²) in [7, 11) is 3.16. The summed E-state index contributed by atoms with van der Waals surface area (Å²) >= 11 is 0. The number of halogens is 4. The van der Waals surface area contributed by atoms with Crippen LogP contribution in [0, 0.1) is 0 Å². The molecule has 0 atom stereocenters. The first-order valence-electron chi connectivity index (χ1n) is 11.5. The van der Waals surface area contributed by atoms with Gasteiger partial charge in [0.1, 0.15) is 0 Å². The summed E-state index contributed by atoms with van der Waals surface area (Å²) in [6.45, 7) is 0.0628. The van der Waals surface area contributed by atoms with Gasteiger partial charge in [-0.1, -0.05) is 75.3 Å². The highest BCUT2D eigenvalue weighted by atomic mass is 33.1. The summed E-state index contributed by atoms with van der Waals surface area (Å²) in [6, 6.07) is 14.8. The van der Waals surface area contributed by atoms with E-state index in [1.54, 1.807) is 27.7 Å². The number of anilines is 1. The molecule has 2 aromatic heterocycles. The van der Waals surface area contributed by atoms with E-state index in [-0.39, 0.29) is 35.6 Å². The fourth-order valence-electron chi connectivity index (χ4n) is 4.03. The van der Waals surface area contributed by atoms with Gasteiger partial charge in [-0.25, -0.2) is 23.4 Å². The summed E-state index contributed by atoms with van der Waals surface area (Å²) in [5, 5.41) is 8.30. The first kappa shape index (κ1) is 25.7. The Morgan fingerprint density at radius 2 is 1.78 bits per heavy atom. The van der Waals surface area contributed by atoms with Gasteiger partial charge in [-0.2, -0.15) is 8.78 Å². The van der Waals surface area contributed by atoms with Crippen molar-refractivity contribution in [1.29, 1.82) is 0 Å². The van der Waals surface area contributed by atoms with Crippen LogP contribution in [0.2, 0.25) is 0 Å². The van der Waals surface area contributed by atoms with Gasteiger partial charge in [0, 0.05) is 35.7 Å². The second-order valence-corrected chi connectivity index (χ2v) is 11.0. The van der Waals surface area contributed by atoms with Crippen LogP contribution in [0.5, 0.6) is 0 Å². The van der Waals surface area contributed by atoms with Crippen LogP contribution in [0.25, 0.3) is 11.2 Å². The molecule has 4 aromatic rings. The van der Waals surface area contributed by atoms with E-state index in [9.17, 15) is 8.78 Å². The summed E-state index contributed by atoms with van der Waals surface area (Å²) in [5.41, 5.74) is 6.34. The molecule has 2 N–H and O–H groups in total. The Balaban J connectivity index is 1.59. The number of hydrogen-bond acceptors (Lipinski definition) is 8. The molecular formula is C24H23F4N7S2. The molecule has 1 aliphatic heterocycles. The van der Waals surface area contributed by atoms with Gasteiger partial charge in [0.15, 0.2) is 17.0 Å². The molecule has 0 saturated carbocycles. The van der Waals surface area contributed by atoms with Crippen LogP contribution in [-0.4, -0.2) is 56.3 Å². The molecule has 3 heterocycles. The zero-order valence-corrected chi connectivity index (χ0v) is 21.2. The maximum atomic E-state index is 15.6. The summed E-state index contributed by atoms with van der Waals surface area (Å²) in [6.07, 6.45) is -0.401. The Kier molecular flexibility index (Phi) is 7.28. The third-order valence-electron chi connectivity index (χ3n) is 5.87. The van der Waals surface area contributed by atoms with Crippen LogP contribution in [0.1, 0.15) is 23.4 Å². The number of rotatable bonds is 9. The monoisotopic (exact) mass is 549 g/mol. The van der Waals surface area contributed by atoms with Gasteiger partial charge >= 0.3 is 5.92 Å². The lowest BCUT2D eigenvalue weighted by Gasteiger charge is -2.21. The second-order valence-electron chi connectivity index (χ2n) is 8.56. The van der Waals surface area contributed by atoms with Crippen LogP contribution in [-0.2, 0) is 12.5 Å². The van der Waals surface area contributed by atoms with Crippen molar-refractivity contribution >= 4 is 38.6 Å². The van der Waals surface area contributed by atoms with Crippen molar-refractivity contribution in [2.45, 2.75) is 29.7 Å². The van der Waals surface area contributed by atoms with Crippen LogP contribution < -0.4 is 10.6 Å². The molecule has 1 fully saturated rings. The van der Waals surface area contributed by atoms with E-state index in [0.717, 1.165) is 16.2 Å². The van der Waals surface area contributed by atoms with Crippen LogP contribution in [0.3, 0.4) is 0 Å². The molecule has 0 bridgehead atoms. The second kappa shape index (κ2) is 10.5. The lowest BCUT2D eigenvalue weighted by molar-refractivity contribution is 0.0256. The molecule has 0 aliphatic carbocycles. The number of alkyl halides is 4. The lowest BCUT2D eigenvalue weighted by atomic mass is 10.1. The van der Waals surface area contributed by atoms with E-state index in [4.69, 9.17) is 5.73 Å². The van der Waals surface area contributed by atoms with E-state index >= 15 is 8.78 Å². The first-order valence-corrected chi connectivity index (χ1v) is 13.9. The highest BCUT2D eigenvalue weighted by Crippen LogP contribution is 2.38. The minimum absolute atomic E-state index is 0.0415. The quantitative estimate of drug-likeness (QED) is 0.178. The summed E-state index contributed by atoms with van der Waals surface area (Å²) < 4.78 is 60.7. The van der Waals surface area contributed by atoms with Crippen LogP contribution in [0.4, 0.5) is 23.4 Å². The minimum Gasteiger partial charge on any atom is -0.348 e. The lowest BCUT2D eigenvalue weighted by Crippen LogP contribution is -2.28. The van der Waals surface area contributed by atoms with Crippen molar-refractivity contribution < 1.29 is 17.6 Å². The zero-order valence-electron chi connectivity index (χ0n) is 19.5. The first-order chi connectivity index (χ1) is 17.8. The van der Waals surface area contributed by atoms with E-state index < -0.39 is 30.6 Å². The van der Waals surface area contributed by atoms with Gasteiger partial charge < -0.3 is 10.6 Å². The molecule has 5 rings (SSSR count). The number of aromatic nitrogens is 5. The molecular weight excluding hydrogens is 526 g/mol. The normalized spacial score (nSPS) is 15.5. The van der Waals surface area contributed by atoms with Crippen molar-refractivity contribution in [2.24, 2.45) is 5.73 Å². The molecule has 37 heavy (non-hydrogen) atoms. The molecule has 0 radical (unpaired) electrons. The fourth-order valence-corrected chi connectivity index (χ4v) is 6.12. The Morgan fingerprint density at radius 1 is 1.03 bits per heavy atom. The summed E-state index contributed by atoms with van der Waals surface area (Å²) in [5.74, 6) is -6.61. The van der Waals surface area contributed by atoms with Crippen molar-refractivity contribution in [1.82, 2.24) is 25.0 Å². The van der Waals surface area contributed by atoms with Gasteiger partial charge in [0.25, 0.3) is 5.92 Å². The number of nitrogens with two attached hydrogens (primary N) is 1. The predicted molar refractivity (Wildman–Crippen MR) is 137 cm³/mol. The molecule has 7 nitrogen and oxygen atoms in total. The van der Waals surface area contributed by atoms with Crippen molar-refractivity contribution in [3.8, 4) is 0 Å². The van der Waals surface area contributed by atoms with Gasteiger partial charge in [0.2, 0.25) is 5.82 Å². The fraction of sp³-hybridized carbons (Fsp3) is 0.333. The topological polar surface area (TPSA) is 85.8 Å². The third kappa shape index (κ3) is 5.39. The maximum Gasteiger partial charge on any atom is 0.331 e. The largest absolute Gasteiger partial charge is 0.348 e. The van der Waals surface area contributed by atoms with E-state index in [1.807, 2.05) is 24.3 Å². The van der Waals surface area contributed by atoms with E-state index in [0.29, 0.717) is 6.54 Å². The molecule has 194 valence electrons. The predicted octanol–water partition coefficient (Wildman–Crippen LogP) is 4.95. The number of fused-ring (bicyclic) bond motifs is 1. The highest BCUT2D eigenvalue weighted by molar-refractivity contribution is 8.76. The molecule has 0 amide bonds. The van der Waals surface area contributed by atoms with Crippen molar-refractivity contribution in [2.75, 3.05) is 30.3 Å². The molecule has 0 spiro atoms. The van der Waals surface area contributed by atoms with Gasteiger partial charge in [-0.15, -0.1) is 5.10 Å². The number of benzene rings is 2. The smallest absolute Gasteiger partial charge is 0.331 e. The summed E-state index contributed by atoms with van der Waals surface area (Å²) in [4.78, 5) is 10.5. The standard InChI is InChI=1S/C24H23F4N7S2/c25-23(26)10-12-34(15-23)20-19-21(31-22(30-20)24(27,28)17-7-2-1-3-8-17)35(33-32-19)14-16-6-4-5-9-18(16)37-36-13-11-29/h1-9H,10-15,29H2. The molecule has 2 aromatic carbocycles. The Labute approximate surface area is 218 Å². The average molecular weight is 550 g/mol. The van der Waals surface area contributed by atoms with Gasteiger partial charge in [0.05, 0.1) is 13.1 Å². The van der Waals surface area contributed by atoms with Gasteiger partial charge in [-0.3, -0.25) is 0 Å². The molecule has 0 unspecified atom stereocenters. The number of nitrogens with zero attached hydrogens (tertiary/aromatic N) is 6. The van der Waals surface area contributed by atoms with Crippen LogP contribution in [0.15, 0.2) is 59.5 Å². The molecule has 1 saturated heterocycles. The van der Waals surface area contributed by atoms with Crippen LogP contribution >= 0.6 is 21.6 Å². The Bertz CT molecular complexity index is 1380. The number of hydrogen-bond donors (Lipinski definition) is 1. The highest BCUT2D eigenvalue weighted by Gasteiger charge is 2.43. The van der Waals surface area contributed by atoms with Gasteiger partial charge in [-0.05, 0) is 11.6 Å². The maximum absolute atomic E-state index is 15.6. The Morgan fingerprint density at radius 3 is 2.51 bits per heavy atom. The molecule has 1 aliphatic rings. The SMILES string of the molecule is NCCSSc1ccccc1Cn1nnc2c(N3CCC(F)(F)C3)nc(C(F)(F)c3ccccc3)nc21.